The first-order valence-corrected chi connectivity index (χ1v) is 7.06. The van der Waals surface area contributed by atoms with E-state index in [0.29, 0.717) is 19.0 Å². The van der Waals surface area contributed by atoms with E-state index in [2.05, 4.69) is 4.98 Å². The van der Waals surface area contributed by atoms with E-state index in [1.165, 1.54) is 6.42 Å². The van der Waals surface area contributed by atoms with E-state index in [1.54, 1.807) is 6.20 Å². The third-order valence-electron chi connectivity index (χ3n) is 4.05. The number of nitrogens with two attached hydrogens (primary N) is 1. The largest absolute Gasteiger partial charge is 0.341 e. The van der Waals surface area contributed by atoms with Crippen LogP contribution in [0.1, 0.15) is 31.2 Å². The van der Waals surface area contributed by atoms with Gasteiger partial charge in [-0.05, 0) is 36.9 Å². The first kappa shape index (κ1) is 14.0. The number of aromatic nitrogens is 1. The molecule has 0 aliphatic heterocycles. The van der Waals surface area contributed by atoms with Crippen molar-refractivity contribution in [3.8, 4) is 0 Å². The molecule has 1 amide bonds. The van der Waals surface area contributed by atoms with Crippen LogP contribution in [-0.2, 0) is 11.3 Å². The highest BCUT2D eigenvalue weighted by Crippen LogP contribution is 2.30. The van der Waals surface area contributed by atoms with Crippen molar-refractivity contribution in [3.63, 3.8) is 0 Å². The van der Waals surface area contributed by atoms with Gasteiger partial charge in [-0.3, -0.25) is 9.78 Å². The lowest BCUT2D eigenvalue weighted by atomic mass is 9.78. The van der Waals surface area contributed by atoms with Gasteiger partial charge in [0.2, 0.25) is 5.91 Å². The van der Waals surface area contributed by atoms with Crippen LogP contribution in [0.2, 0.25) is 0 Å². The second kappa shape index (κ2) is 6.66. The van der Waals surface area contributed by atoms with Crippen LogP contribution in [0.4, 0.5) is 0 Å². The fraction of sp³-hybridized carbons (Fsp3) is 0.600. The number of pyridine rings is 1. The monoisotopic (exact) mass is 261 g/mol. The summed E-state index contributed by atoms with van der Waals surface area (Å²) in [7, 11) is 1.87. The van der Waals surface area contributed by atoms with Crippen LogP contribution >= 0.6 is 0 Å². The molecular weight excluding hydrogens is 238 g/mol. The summed E-state index contributed by atoms with van der Waals surface area (Å²) >= 11 is 0. The lowest BCUT2D eigenvalue weighted by Gasteiger charge is -2.32. The molecular formula is C15H23N3O. The maximum absolute atomic E-state index is 12.5. The van der Waals surface area contributed by atoms with Gasteiger partial charge >= 0.3 is 0 Å². The molecule has 2 rings (SSSR count). The molecule has 0 saturated heterocycles. The minimum Gasteiger partial charge on any atom is -0.341 e. The van der Waals surface area contributed by atoms with Gasteiger partial charge < -0.3 is 10.6 Å². The lowest BCUT2D eigenvalue weighted by Crippen LogP contribution is -2.40. The number of rotatable bonds is 4. The molecule has 0 aromatic carbocycles. The Kier molecular flexibility index (Phi) is 4.91. The molecule has 1 aromatic rings. The van der Waals surface area contributed by atoms with Gasteiger partial charge in [-0.2, -0.15) is 0 Å². The van der Waals surface area contributed by atoms with E-state index in [1.807, 2.05) is 30.3 Å². The van der Waals surface area contributed by atoms with Crippen molar-refractivity contribution in [2.24, 2.45) is 17.6 Å². The molecule has 2 atom stereocenters. The minimum absolute atomic E-state index is 0.112. The highest BCUT2D eigenvalue weighted by molar-refractivity contribution is 5.79. The van der Waals surface area contributed by atoms with Crippen LogP contribution in [0.25, 0.3) is 0 Å². The number of amides is 1. The molecule has 4 heteroatoms. The Balaban J connectivity index is 1.98. The van der Waals surface area contributed by atoms with Crippen molar-refractivity contribution in [1.29, 1.82) is 0 Å². The van der Waals surface area contributed by atoms with Crippen LogP contribution in [-0.4, -0.2) is 29.4 Å². The average molecular weight is 261 g/mol. The summed E-state index contributed by atoms with van der Waals surface area (Å²) < 4.78 is 0. The van der Waals surface area contributed by atoms with Crippen LogP contribution in [0, 0.1) is 11.8 Å². The number of hydrogen-bond donors (Lipinski definition) is 1. The first-order chi connectivity index (χ1) is 9.22. The molecule has 1 fully saturated rings. The summed E-state index contributed by atoms with van der Waals surface area (Å²) in [5.41, 5.74) is 6.87. The van der Waals surface area contributed by atoms with Crippen molar-refractivity contribution in [2.75, 3.05) is 13.6 Å². The molecule has 2 N–H and O–H groups in total. The molecule has 0 spiro atoms. The van der Waals surface area contributed by atoms with Crippen molar-refractivity contribution in [2.45, 2.75) is 32.2 Å². The molecule has 1 aliphatic carbocycles. The maximum Gasteiger partial charge on any atom is 0.226 e. The van der Waals surface area contributed by atoms with E-state index in [-0.39, 0.29) is 11.8 Å². The second-order valence-corrected chi connectivity index (χ2v) is 5.44. The van der Waals surface area contributed by atoms with Crippen molar-refractivity contribution < 1.29 is 4.79 Å². The Hall–Kier alpha value is -1.42. The van der Waals surface area contributed by atoms with Gasteiger partial charge in [0.25, 0.3) is 0 Å². The van der Waals surface area contributed by atoms with E-state index in [0.717, 1.165) is 24.8 Å². The average Bonchev–Trinajstić information content (AvgIpc) is 2.47. The highest BCUT2D eigenvalue weighted by atomic mass is 16.2. The number of carbonyl (C=O) groups is 1. The summed E-state index contributed by atoms with van der Waals surface area (Å²) in [5.74, 6) is 0.706. The predicted molar refractivity (Wildman–Crippen MR) is 75.2 cm³/mol. The molecule has 1 heterocycles. The molecule has 19 heavy (non-hydrogen) atoms. The van der Waals surface area contributed by atoms with Crippen LogP contribution < -0.4 is 5.73 Å². The lowest BCUT2D eigenvalue weighted by molar-refractivity contribution is -0.137. The zero-order chi connectivity index (χ0) is 13.7. The topological polar surface area (TPSA) is 59.2 Å². The van der Waals surface area contributed by atoms with Crippen LogP contribution in [0.5, 0.6) is 0 Å². The molecule has 4 nitrogen and oxygen atoms in total. The van der Waals surface area contributed by atoms with Gasteiger partial charge in [-0.25, -0.2) is 0 Å². The fourth-order valence-corrected chi connectivity index (χ4v) is 2.94. The number of nitrogens with zero attached hydrogens (tertiary/aromatic N) is 2. The number of hydrogen-bond acceptors (Lipinski definition) is 3. The molecule has 0 radical (unpaired) electrons. The molecule has 1 aliphatic rings. The predicted octanol–water partition coefficient (Wildman–Crippen LogP) is 1.81. The fourth-order valence-electron chi connectivity index (χ4n) is 2.94. The summed E-state index contributed by atoms with van der Waals surface area (Å²) in [6.45, 7) is 1.25. The third-order valence-corrected chi connectivity index (χ3v) is 4.05. The summed E-state index contributed by atoms with van der Waals surface area (Å²) in [6, 6.07) is 3.90. The molecule has 2 unspecified atom stereocenters. The summed E-state index contributed by atoms with van der Waals surface area (Å²) in [4.78, 5) is 18.4. The van der Waals surface area contributed by atoms with Crippen LogP contribution in [0.15, 0.2) is 24.5 Å². The Morgan fingerprint density at radius 2 is 2.26 bits per heavy atom. The Labute approximate surface area is 115 Å². The highest BCUT2D eigenvalue weighted by Gasteiger charge is 2.31. The van der Waals surface area contributed by atoms with Crippen LogP contribution in [0.3, 0.4) is 0 Å². The molecule has 104 valence electrons. The quantitative estimate of drug-likeness (QED) is 0.899. The van der Waals surface area contributed by atoms with Gasteiger partial charge in [0.05, 0.1) is 0 Å². The molecule has 0 bridgehead atoms. The van der Waals surface area contributed by atoms with Gasteiger partial charge in [-0.1, -0.05) is 18.9 Å². The van der Waals surface area contributed by atoms with Gasteiger partial charge in [0, 0.05) is 31.9 Å². The van der Waals surface area contributed by atoms with Gasteiger partial charge in [0.15, 0.2) is 0 Å². The zero-order valence-electron chi connectivity index (χ0n) is 11.6. The normalized spacial score (nSPS) is 23.1. The second-order valence-electron chi connectivity index (χ2n) is 5.44. The SMILES string of the molecule is CN(Cc1cccnc1)C(=O)C1CCCCC1CN. The van der Waals surface area contributed by atoms with Gasteiger partial charge in [-0.15, -0.1) is 0 Å². The van der Waals surface area contributed by atoms with E-state index in [9.17, 15) is 4.79 Å². The number of carbonyl (C=O) groups excluding carboxylic acids is 1. The Morgan fingerprint density at radius 3 is 2.95 bits per heavy atom. The van der Waals surface area contributed by atoms with E-state index in [4.69, 9.17) is 5.73 Å². The maximum atomic E-state index is 12.5. The Morgan fingerprint density at radius 1 is 1.47 bits per heavy atom. The van der Waals surface area contributed by atoms with Crippen molar-refractivity contribution >= 4 is 5.91 Å². The standard InChI is InChI=1S/C15H23N3O/c1-18(11-12-5-4-8-17-10-12)15(19)14-7-3-2-6-13(14)9-16/h4-5,8,10,13-14H,2-3,6-7,9,11,16H2,1H3. The third kappa shape index (κ3) is 3.53. The van der Waals surface area contributed by atoms with E-state index >= 15 is 0 Å². The first-order valence-electron chi connectivity index (χ1n) is 7.06. The van der Waals surface area contributed by atoms with E-state index < -0.39 is 0 Å². The van der Waals surface area contributed by atoms with Crippen molar-refractivity contribution in [1.82, 2.24) is 9.88 Å². The van der Waals surface area contributed by atoms with Crippen molar-refractivity contribution in [3.05, 3.63) is 30.1 Å². The van der Waals surface area contributed by atoms with Gasteiger partial charge in [0.1, 0.15) is 0 Å². The minimum atomic E-state index is 0.112. The molecule has 1 aromatic heterocycles. The smallest absolute Gasteiger partial charge is 0.226 e. The molecule has 1 saturated carbocycles. The zero-order valence-corrected chi connectivity index (χ0v) is 11.6. The summed E-state index contributed by atoms with van der Waals surface area (Å²) in [6.07, 6.45) is 7.99. The summed E-state index contributed by atoms with van der Waals surface area (Å²) in [5, 5.41) is 0. The Bertz CT molecular complexity index is 407.